The van der Waals surface area contributed by atoms with Crippen molar-refractivity contribution in [3.05, 3.63) is 36.8 Å². The van der Waals surface area contributed by atoms with Crippen molar-refractivity contribution < 1.29 is 34.9 Å². The van der Waals surface area contributed by atoms with E-state index in [1.165, 1.54) is 12.8 Å². The summed E-state index contributed by atoms with van der Waals surface area (Å²) in [4.78, 5) is 0. The fraction of sp³-hybridized carbons (Fsp3) is 0.778. The molecule has 0 atom stereocenters. The lowest BCUT2D eigenvalue weighted by Crippen LogP contribution is -2.64. The molecule has 0 amide bonds. The van der Waals surface area contributed by atoms with E-state index in [0.717, 1.165) is 13.2 Å². The van der Waals surface area contributed by atoms with Crippen molar-refractivity contribution in [2.75, 3.05) is 13.2 Å². The highest BCUT2D eigenvalue weighted by molar-refractivity contribution is 7.21. The van der Waals surface area contributed by atoms with Crippen molar-refractivity contribution in [2.24, 2.45) is 0 Å². The molecule has 266 valence electrons. The minimum Gasteiger partial charge on any atom is -0.433 e. The third kappa shape index (κ3) is 29.1. The summed E-state index contributed by atoms with van der Waals surface area (Å²) in [6.07, 6.45) is 2.56. The van der Waals surface area contributed by atoms with Gasteiger partial charge in [0.15, 0.2) is 24.0 Å². The molecule has 0 bridgehead atoms. The van der Waals surface area contributed by atoms with Crippen LogP contribution in [0.25, 0.3) is 0 Å². The fourth-order valence-electron chi connectivity index (χ4n) is 4.33. The van der Waals surface area contributed by atoms with Crippen LogP contribution in [-0.2, 0) is 29.4 Å². The smallest absolute Gasteiger partial charge is 0.314 e. The van der Waals surface area contributed by atoms with Gasteiger partial charge in [0.2, 0.25) is 0 Å². The predicted octanol–water partition coefficient (Wildman–Crippen LogP) is 9.22. The van der Waals surface area contributed by atoms with Crippen molar-refractivity contribution in [3.63, 3.8) is 0 Å². The van der Waals surface area contributed by atoms with Crippen LogP contribution in [0.5, 0.6) is 0 Å². The molecule has 2 aliphatic rings. The molecule has 2 saturated heterocycles. The van der Waals surface area contributed by atoms with E-state index < -0.39 is 66.8 Å². The highest BCUT2D eigenvalue weighted by Crippen LogP contribution is 2.30. The van der Waals surface area contributed by atoms with Crippen LogP contribution in [0.15, 0.2) is 36.8 Å². The number of rotatable bonds is 9. The second-order valence-corrected chi connectivity index (χ2v) is 46.9. The molecule has 0 aromatic rings. The van der Waals surface area contributed by atoms with Crippen LogP contribution in [-0.4, -0.2) is 85.5 Å². The van der Waals surface area contributed by atoms with Crippen LogP contribution in [0.1, 0.15) is 20.3 Å². The maximum Gasteiger partial charge on any atom is 0.314 e. The Bertz CT molecular complexity index is 759. The van der Waals surface area contributed by atoms with Crippen LogP contribution in [0, 0.1) is 0 Å². The number of hydrogen-bond donors (Lipinski definition) is 0. The second kappa shape index (κ2) is 20.4. The van der Waals surface area contributed by atoms with Gasteiger partial charge in [0, 0.05) is 13.2 Å². The van der Waals surface area contributed by atoms with E-state index >= 15 is 0 Å². The average Bonchev–Trinajstić information content (AvgIpc) is 3.28. The van der Waals surface area contributed by atoms with Gasteiger partial charge in [0.25, 0.3) is 0 Å². The Kier molecular flexibility index (Phi) is 24.0. The Hall–Kier alpha value is 0.925. The van der Waals surface area contributed by atoms with Crippen molar-refractivity contribution >= 4 is 77.9 Å². The highest BCUT2D eigenvalue weighted by atomic mass is 35.6. The van der Waals surface area contributed by atoms with Gasteiger partial charge in [-0.05, 0) is 104 Å². The van der Waals surface area contributed by atoms with E-state index in [2.05, 4.69) is 111 Å². The van der Waals surface area contributed by atoms with E-state index in [9.17, 15) is 0 Å². The van der Waals surface area contributed by atoms with Crippen LogP contribution < -0.4 is 0 Å². The number of ether oxygens (including phenoxy) is 1. The Morgan fingerprint density at radius 1 is 0.568 bits per heavy atom. The number of halogens is 1. The maximum atomic E-state index is 6.31. The summed E-state index contributed by atoms with van der Waals surface area (Å²) in [6, 6.07) is 0. The van der Waals surface area contributed by atoms with E-state index in [0.29, 0.717) is 0 Å². The first-order chi connectivity index (χ1) is 18.4. The minimum absolute atomic E-state index is 0. The van der Waals surface area contributed by atoms with E-state index in [4.69, 9.17) is 40.5 Å². The summed E-state index contributed by atoms with van der Waals surface area (Å²) in [7, 11) is -15.0. The van der Waals surface area contributed by atoms with Crippen LogP contribution in [0.4, 0.5) is 0 Å². The molecule has 0 aromatic carbocycles. The van der Waals surface area contributed by atoms with Crippen molar-refractivity contribution in [1.82, 2.24) is 0 Å². The molecule has 2 N–H and O–H groups in total. The molecule has 0 radical (unpaired) electrons. The summed E-state index contributed by atoms with van der Waals surface area (Å²) in [5.74, 6) is 0. The standard InChI is InChI=1S/C12H30O3Si4.C6H18O3Si3.C4H9ClSi.C4H8O.CH4.H2O/c1-11-16(3,4)13-18(7,8)15-19(9,10)14-17(5,6)12-2;1-10(2)7-11(3,4)9-12(5,6)8-10;1-4-6(2,3)5;1-2-4-5-3-1;;/h11-12H,1-2H2,3-10H3;1-6H3;4H,1H2,2-3H3;1-4H2;1H4;1H2. The van der Waals surface area contributed by atoms with Gasteiger partial charge in [0.1, 0.15) is 0 Å². The van der Waals surface area contributed by atoms with Gasteiger partial charge < -0.3 is 34.9 Å². The molecular formula is C27H71ClO8Si8. The lowest BCUT2D eigenvalue weighted by molar-refractivity contribution is 0.198. The SMILES string of the molecule is C.C1CCOC1.C=C[Si](C)(C)Cl.C=C[Si](C)(C)O[Si](C)(C)O[Si](C)(C)O[Si](C)(C)C=C.C[Si]1(C)O[Si](C)(C)O[Si](C)(C)O1.O. The molecule has 2 heterocycles. The van der Waals surface area contributed by atoms with Gasteiger partial charge in [-0.1, -0.05) is 37.6 Å². The maximum absolute atomic E-state index is 6.31. The first-order valence-electron chi connectivity index (χ1n) is 14.8. The van der Waals surface area contributed by atoms with Crippen molar-refractivity contribution in [3.8, 4) is 0 Å². The summed E-state index contributed by atoms with van der Waals surface area (Å²) in [5, 5.41) is 0. The zero-order chi connectivity index (χ0) is 33.9. The summed E-state index contributed by atoms with van der Waals surface area (Å²) < 4.78 is 41.3. The topological polar surface area (TPSA) is 96.1 Å². The Morgan fingerprint density at radius 2 is 0.818 bits per heavy atom. The van der Waals surface area contributed by atoms with Crippen molar-refractivity contribution in [1.29, 1.82) is 0 Å². The van der Waals surface area contributed by atoms with Crippen LogP contribution in [0.3, 0.4) is 0 Å². The van der Waals surface area contributed by atoms with Crippen molar-refractivity contribution in [2.45, 2.75) is 125 Å². The first kappa shape index (κ1) is 51.8. The first-order valence-corrected chi connectivity index (χ1v) is 38.9. The molecular weight excluding hydrogens is 712 g/mol. The summed E-state index contributed by atoms with van der Waals surface area (Å²) >= 11 is 5.74. The third-order valence-corrected chi connectivity index (χ3v) is 32.6. The third-order valence-electron chi connectivity index (χ3n) is 5.28. The van der Waals surface area contributed by atoms with Crippen LogP contribution in [0.2, 0.25) is 105 Å². The molecule has 0 saturated carbocycles. The lowest BCUT2D eigenvalue weighted by atomic mass is 10.4. The Morgan fingerprint density at radius 3 is 0.977 bits per heavy atom. The molecule has 2 aliphatic heterocycles. The highest BCUT2D eigenvalue weighted by Gasteiger charge is 2.50. The van der Waals surface area contributed by atoms with Gasteiger partial charge in [0.05, 0.1) is 0 Å². The Labute approximate surface area is 286 Å². The predicted molar refractivity (Wildman–Crippen MR) is 213 cm³/mol. The molecule has 2 fully saturated rings. The van der Waals surface area contributed by atoms with Gasteiger partial charge in [-0.15, -0.1) is 19.7 Å². The van der Waals surface area contributed by atoms with E-state index in [-0.39, 0.29) is 12.9 Å². The zero-order valence-corrected chi connectivity index (χ0v) is 39.2. The van der Waals surface area contributed by atoms with Crippen LogP contribution >= 0.6 is 11.1 Å². The number of hydrogen-bond acceptors (Lipinski definition) is 7. The zero-order valence-electron chi connectivity index (χ0n) is 30.4. The Balaban J connectivity index is -0.000000271. The quantitative estimate of drug-likeness (QED) is 0.170. The van der Waals surface area contributed by atoms with Gasteiger partial charge in [-0.2, -0.15) is 11.1 Å². The van der Waals surface area contributed by atoms with E-state index in [1.54, 1.807) is 0 Å². The molecule has 0 aliphatic carbocycles. The summed E-state index contributed by atoms with van der Waals surface area (Å²) in [6.45, 7) is 46.8. The molecule has 2 rings (SSSR count). The second-order valence-electron chi connectivity index (χ2n) is 14.3. The normalized spacial score (nSPS) is 19.0. The molecule has 8 nitrogen and oxygen atoms in total. The summed E-state index contributed by atoms with van der Waals surface area (Å²) in [5.41, 5.74) is 5.74. The van der Waals surface area contributed by atoms with E-state index in [1.807, 2.05) is 30.2 Å². The largest absolute Gasteiger partial charge is 0.433 e. The molecule has 0 aromatic heterocycles. The molecule has 0 spiro atoms. The molecule has 17 heteroatoms. The average molecular weight is 784 g/mol. The monoisotopic (exact) mass is 782 g/mol. The lowest BCUT2D eigenvalue weighted by Gasteiger charge is -2.46. The van der Waals surface area contributed by atoms with Gasteiger partial charge in [-0.25, -0.2) is 0 Å². The minimum atomic E-state index is -2.19. The van der Waals surface area contributed by atoms with Gasteiger partial charge in [-0.3, -0.25) is 0 Å². The molecule has 44 heavy (non-hydrogen) atoms. The molecule has 0 unspecified atom stereocenters. The fourth-order valence-corrected chi connectivity index (χ4v) is 36.8. The van der Waals surface area contributed by atoms with Gasteiger partial charge >= 0.3 is 42.8 Å².